The quantitative estimate of drug-likeness (QED) is 0.870. The van der Waals surface area contributed by atoms with E-state index in [4.69, 9.17) is 0 Å². The molecule has 1 aromatic rings. The molecule has 96 valence electrons. The van der Waals surface area contributed by atoms with Crippen LogP contribution in [0.1, 0.15) is 44.6 Å². The third kappa shape index (κ3) is 2.85. The first-order valence-corrected chi connectivity index (χ1v) is 6.86. The molecule has 2 heteroatoms. The van der Waals surface area contributed by atoms with Crippen LogP contribution in [0.15, 0.2) is 24.3 Å². The van der Waals surface area contributed by atoms with E-state index >= 15 is 0 Å². The van der Waals surface area contributed by atoms with E-state index in [9.17, 15) is 10.4 Å². The number of aromatic hydroxyl groups is 1. The van der Waals surface area contributed by atoms with Gasteiger partial charge in [0.05, 0.1) is 11.5 Å². The SMILES string of the molecule is CCC1CCCC(C#N)(Cc2cccc(O)c2)C1. The largest absolute Gasteiger partial charge is 0.508 e. The van der Waals surface area contributed by atoms with Gasteiger partial charge in [-0.15, -0.1) is 0 Å². The zero-order valence-corrected chi connectivity index (χ0v) is 11.0. The van der Waals surface area contributed by atoms with Gasteiger partial charge in [-0.2, -0.15) is 5.26 Å². The van der Waals surface area contributed by atoms with E-state index in [1.807, 2.05) is 12.1 Å². The second kappa shape index (κ2) is 5.44. The van der Waals surface area contributed by atoms with Crippen molar-refractivity contribution >= 4 is 0 Å². The number of phenolic OH excluding ortho intramolecular Hbond substituents is 1. The van der Waals surface area contributed by atoms with E-state index in [1.165, 1.54) is 12.8 Å². The molecule has 0 heterocycles. The summed E-state index contributed by atoms with van der Waals surface area (Å²) in [6.45, 7) is 2.21. The predicted molar refractivity (Wildman–Crippen MR) is 72.1 cm³/mol. The molecule has 0 spiro atoms. The van der Waals surface area contributed by atoms with Gasteiger partial charge in [0.25, 0.3) is 0 Å². The number of benzene rings is 1. The van der Waals surface area contributed by atoms with Gasteiger partial charge < -0.3 is 5.11 Å². The Morgan fingerprint density at radius 1 is 1.50 bits per heavy atom. The molecule has 1 aliphatic carbocycles. The van der Waals surface area contributed by atoms with Crippen LogP contribution in [0.2, 0.25) is 0 Å². The molecule has 18 heavy (non-hydrogen) atoms. The molecule has 2 unspecified atom stereocenters. The minimum atomic E-state index is -0.216. The normalized spacial score (nSPS) is 27.7. The first kappa shape index (κ1) is 13.0. The zero-order valence-electron chi connectivity index (χ0n) is 11.0. The van der Waals surface area contributed by atoms with E-state index in [0.717, 1.165) is 31.2 Å². The lowest BCUT2D eigenvalue weighted by atomic mass is 9.67. The summed E-state index contributed by atoms with van der Waals surface area (Å²) in [5.74, 6) is 0.985. The lowest BCUT2D eigenvalue weighted by Crippen LogP contribution is -2.29. The van der Waals surface area contributed by atoms with Gasteiger partial charge in [-0.05, 0) is 42.9 Å². The molecule has 1 aromatic carbocycles. The van der Waals surface area contributed by atoms with Crippen LogP contribution in [0.4, 0.5) is 0 Å². The Bertz CT molecular complexity index is 449. The smallest absolute Gasteiger partial charge is 0.115 e. The average molecular weight is 243 g/mol. The molecular formula is C16H21NO. The number of rotatable bonds is 3. The van der Waals surface area contributed by atoms with Crippen LogP contribution in [0.3, 0.4) is 0 Å². The lowest BCUT2D eigenvalue weighted by Gasteiger charge is -2.35. The molecule has 0 radical (unpaired) electrons. The Hall–Kier alpha value is -1.49. The number of nitrogens with zero attached hydrogens (tertiary/aromatic N) is 1. The fourth-order valence-electron chi connectivity index (χ4n) is 3.19. The lowest BCUT2D eigenvalue weighted by molar-refractivity contribution is 0.194. The van der Waals surface area contributed by atoms with Crippen LogP contribution in [-0.2, 0) is 6.42 Å². The third-order valence-electron chi connectivity index (χ3n) is 4.21. The van der Waals surface area contributed by atoms with Crippen LogP contribution in [-0.4, -0.2) is 5.11 Å². The topological polar surface area (TPSA) is 44.0 Å². The third-order valence-corrected chi connectivity index (χ3v) is 4.21. The van der Waals surface area contributed by atoms with Crippen molar-refractivity contribution in [2.24, 2.45) is 11.3 Å². The van der Waals surface area contributed by atoms with Gasteiger partial charge in [-0.1, -0.05) is 38.3 Å². The average Bonchev–Trinajstić information content (AvgIpc) is 2.39. The maximum Gasteiger partial charge on any atom is 0.115 e. The second-order valence-electron chi connectivity index (χ2n) is 5.61. The molecule has 1 aliphatic rings. The minimum absolute atomic E-state index is 0.216. The highest BCUT2D eigenvalue weighted by Gasteiger charge is 2.36. The number of nitriles is 1. The fourth-order valence-corrected chi connectivity index (χ4v) is 3.19. The van der Waals surface area contributed by atoms with Gasteiger partial charge >= 0.3 is 0 Å². The van der Waals surface area contributed by atoms with Crippen LogP contribution in [0, 0.1) is 22.7 Å². The van der Waals surface area contributed by atoms with Crippen molar-refractivity contribution in [1.29, 1.82) is 5.26 Å². The molecule has 0 aliphatic heterocycles. The molecule has 0 aromatic heterocycles. The molecule has 2 nitrogen and oxygen atoms in total. The second-order valence-corrected chi connectivity index (χ2v) is 5.61. The highest BCUT2D eigenvalue weighted by Crippen LogP contribution is 2.42. The van der Waals surface area contributed by atoms with Crippen LogP contribution in [0.25, 0.3) is 0 Å². The summed E-state index contributed by atoms with van der Waals surface area (Å²) in [6.07, 6.45) is 6.37. The van der Waals surface area contributed by atoms with E-state index in [-0.39, 0.29) is 5.41 Å². The summed E-state index contributed by atoms with van der Waals surface area (Å²) in [5, 5.41) is 19.1. The highest BCUT2D eigenvalue weighted by molar-refractivity contribution is 5.29. The maximum atomic E-state index is 9.57. The first-order chi connectivity index (χ1) is 8.67. The molecule has 1 N–H and O–H groups in total. The van der Waals surface area contributed by atoms with Gasteiger partial charge in [0.15, 0.2) is 0 Å². The van der Waals surface area contributed by atoms with Gasteiger partial charge in [0, 0.05) is 0 Å². The van der Waals surface area contributed by atoms with Crippen molar-refractivity contribution < 1.29 is 5.11 Å². The van der Waals surface area contributed by atoms with Crippen molar-refractivity contribution in [2.75, 3.05) is 0 Å². The fraction of sp³-hybridized carbons (Fsp3) is 0.562. The van der Waals surface area contributed by atoms with Gasteiger partial charge in [0.1, 0.15) is 5.75 Å². The Morgan fingerprint density at radius 2 is 2.33 bits per heavy atom. The van der Waals surface area contributed by atoms with Crippen molar-refractivity contribution in [3.05, 3.63) is 29.8 Å². The minimum Gasteiger partial charge on any atom is -0.508 e. The van der Waals surface area contributed by atoms with E-state index in [2.05, 4.69) is 13.0 Å². The van der Waals surface area contributed by atoms with Crippen LogP contribution in [0.5, 0.6) is 5.75 Å². The summed E-state index contributed by atoms with van der Waals surface area (Å²) in [5.41, 5.74) is 0.862. The maximum absolute atomic E-state index is 9.57. The number of phenols is 1. The number of hydrogen-bond donors (Lipinski definition) is 1. The molecule has 0 saturated heterocycles. The van der Waals surface area contributed by atoms with Crippen molar-refractivity contribution in [3.8, 4) is 11.8 Å². The van der Waals surface area contributed by atoms with Crippen LogP contribution < -0.4 is 0 Å². The molecule has 2 atom stereocenters. The summed E-state index contributed by atoms with van der Waals surface area (Å²) < 4.78 is 0. The predicted octanol–water partition coefficient (Wildman–Crippen LogP) is 4.04. The van der Waals surface area contributed by atoms with Crippen molar-refractivity contribution in [3.63, 3.8) is 0 Å². The monoisotopic (exact) mass is 243 g/mol. The summed E-state index contributed by atoms with van der Waals surface area (Å²) in [6, 6.07) is 9.90. The Balaban J connectivity index is 2.16. The molecule has 1 saturated carbocycles. The van der Waals surface area contributed by atoms with Gasteiger partial charge in [0.2, 0.25) is 0 Å². The number of hydrogen-bond acceptors (Lipinski definition) is 2. The van der Waals surface area contributed by atoms with E-state index in [1.54, 1.807) is 12.1 Å². The molecule has 0 amide bonds. The molecular weight excluding hydrogens is 222 g/mol. The van der Waals surface area contributed by atoms with Gasteiger partial charge in [-0.3, -0.25) is 0 Å². The van der Waals surface area contributed by atoms with Gasteiger partial charge in [-0.25, -0.2) is 0 Å². The molecule has 1 fully saturated rings. The highest BCUT2D eigenvalue weighted by atomic mass is 16.3. The first-order valence-electron chi connectivity index (χ1n) is 6.86. The Kier molecular flexibility index (Phi) is 3.91. The zero-order chi connectivity index (χ0) is 13.0. The van der Waals surface area contributed by atoms with Crippen LogP contribution >= 0.6 is 0 Å². The molecule has 0 bridgehead atoms. The summed E-state index contributed by atoms with van der Waals surface area (Å²) in [7, 11) is 0. The Labute approximate surface area is 109 Å². The summed E-state index contributed by atoms with van der Waals surface area (Å²) in [4.78, 5) is 0. The standard InChI is InChI=1S/C16H21NO/c1-2-13-6-4-8-16(10-13,12-17)11-14-5-3-7-15(18)9-14/h3,5,7,9,13,18H,2,4,6,8,10-11H2,1H3. The molecule has 2 rings (SSSR count). The van der Waals surface area contributed by atoms with E-state index < -0.39 is 0 Å². The van der Waals surface area contributed by atoms with E-state index in [0.29, 0.717) is 11.7 Å². The Morgan fingerprint density at radius 3 is 3.00 bits per heavy atom. The van der Waals surface area contributed by atoms with Crippen molar-refractivity contribution in [2.45, 2.75) is 45.4 Å². The van der Waals surface area contributed by atoms with Crippen molar-refractivity contribution in [1.82, 2.24) is 0 Å². The summed E-state index contributed by atoms with van der Waals surface area (Å²) >= 11 is 0.